The molecule has 110 valence electrons. The number of hydrogen-bond donors (Lipinski definition) is 0. The predicted molar refractivity (Wildman–Crippen MR) is 80.6 cm³/mol. The molecule has 1 aromatic heterocycles. The lowest BCUT2D eigenvalue weighted by molar-refractivity contribution is -0.382. The number of nitrogens with zero attached hydrogens (tertiary/aromatic N) is 3. The highest BCUT2D eigenvalue weighted by Crippen LogP contribution is 2.36. The topological polar surface area (TPSA) is 68.5 Å². The Bertz CT molecular complexity index is 679. The van der Waals surface area contributed by atoms with Gasteiger partial charge in [0.15, 0.2) is 0 Å². The van der Waals surface area contributed by atoms with Crippen LogP contribution in [0.3, 0.4) is 0 Å². The Hall–Kier alpha value is -2.21. The molecule has 1 fully saturated rings. The maximum absolute atomic E-state index is 11.6. The van der Waals surface area contributed by atoms with E-state index in [0.29, 0.717) is 29.7 Å². The number of pyridine rings is 1. The molecule has 0 amide bonds. The van der Waals surface area contributed by atoms with E-state index >= 15 is 0 Å². The third-order valence-corrected chi connectivity index (χ3v) is 3.68. The van der Waals surface area contributed by atoms with E-state index in [1.54, 1.807) is 24.4 Å². The third-order valence-electron chi connectivity index (χ3n) is 3.68. The summed E-state index contributed by atoms with van der Waals surface area (Å²) in [5.74, 6) is 0. The van der Waals surface area contributed by atoms with Gasteiger partial charge in [-0.3, -0.25) is 15.1 Å². The van der Waals surface area contributed by atoms with Gasteiger partial charge in [0.1, 0.15) is 5.69 Å². The van der Waals surface area contributed by atoms with Gasteiger partial charge in [0.05, 0.1) is 28.0 Å². The van der Waals surface area contributed by atoms with Crippen LogP contribution in [0.2, 0.25) is 0 Å². The van der Waals surface area contributed by atoms with E-state index in [4.69, 9.17) is 4.74 Å². The SMILES string of the molecule is C[C@@H]1CN(c2ccc3ncccc3c2[N+](=O)[O-])C[C@@H](C)O1. The minimum absolute atomic E-state index is 0.0537. The predicted octanol–water partition coefficient (Wildman–Crippen LogP) is 2.76. The molecule has 3 rings (SSSR count). The Morgan fingerprint density at radius 1 is 1.29 bits per heavy atom. The average molecular weight is 287 g/mol. The number of nitro groups is 1. The van der Waals surface area contributed by atoms with E-state index in [9.17, 15) is 10.1 Å². The Balaban J connectivity index is 2.13. The first-order chi connectivity index (χ1) is 10.1. The highest BCUT2D eigenvalue weighted by atomic mass is 16.6. The highest BCUT2D eigenvalue weighted by Gasteiger charge is 2.28. The summed E-state index contributed by atoms with van der Waals surface area (Å²) in [6, 6.07) is 7.10. The molecule has 2 atom stereocenters. The molecule has 6 heteroatoms. The molecule has 2 aromatic rings. The van der Waals surface area contributed by atoms with E-state index in [-0.39, 0.29) is 22.8 Å². The summed E-state index contributed by atoms with van der Waals surface area (Å²) < 4.78 is 5.70. The molecule has 2 heterocycles. The number of fused-ring (bicyclic) bond motifs is 1. The van der Waals surface area contributed by atoms with Gasteiger partial charge in [-0.2, -0.15) is 0 Å². The summed E-state index contributed by atoms with van der Waals surface area (Å²) in [6.07, 6.45) is 1.75. The summed E-state index contributed by atoms with van der Waals surface area (Å²) in [7, 11) is 0. The van der Waals surface area contributed by atoms with Gasteiger partial charge < -0.3 is 9.64 Å². The van der Waals surface area contributed by atoms with Crippen molar-refractivity contribution in [3.8, 4) is 0 Å². The van der Waals surface area contributed by atoms with E-state index in [2.05, 4.69) is 4.98 Å². The average Bonchev–Trinajstić information content (AvgIpc) is 2.44. The van der Waals surface area contributed by atoms with Crippen LogP contribution in [0.15, 0.2) is 30.5 Å². The number of benzene rings is 1. The zero-order chi connectivity index (χ0) is 15.0. The molecular weight excluding hydrogens is 270 g/mol. The molecule has 0 radical (unpaired) electrons. The van der Waals surface area contributed by atoms with Gasteiger partial charge in [-0.05, 0) is 38.1 Å². The highest BCUT2D eigenvalue weighted by molar-refractivity contribution is 5.94. The van der Waals surface area contributed by atoms with Gasteiger partial charge in [-0.25, -0.2) is 0 Å². The lowest BCUT2D eigenvalue weighted by atomic mass is 10.1. The van der Waals surface area contributed by atoms with Gasteiger partial charge in [0, 0.05) is 19.3 Å². The summed E-state index contributed by atoms with van der Waals surface area (Å²) >= 11 is 0. The number of anilines is 1. The normalized spacial score (nSPS) is 22.5. The van der Waals surface area contributed by atoms with Crippen molar-refractivity contribution in [2.45, 2.75) is 26.1 Å². The summed E-state index contributed by atoms with van der Waals surface area (Å²) in [6.45, 7) is 5.27. The van der Waals surface area contributed by atoms with E-state index < -0.39 is 0 Å². The van der Waals surface area contributed by atoms with Gasteiger partial charge in [0.2, 0.25) is 0 Å². The molecule has 0 bridgehead atoms. The zero-order valence-electron chi connectivity index (χ0n) is 12.0. The Kier molecular flexibility index (Phi) is 3.47. The second kappa shape index (κ2) is 5.29. The van der Waals surface area contributed by atoms with Crippen LogP contribution in [0, 0.1) is 10.1 Å². The fourth-order valence-electron chi connectivity index (χ4n) is 2.95. The largest absolute Gasteiger partial charge is 0.372 e. The van der Waals surface area contributed by atoms with E-state index in [1.807, 2.05) is 24.8 Å². The number of ether oxygens (including phenoxy) is 1. The molecule has 0 N–H and O–H groups in total. The van der Waals surface area contributed by atoms with E-state index in [0.717, 1.165) is 0 Å². The van der Waals surface area contributed by atoms with Crippen LogP contribution in [-0.2, 0) is 4.74 Å². The Morgan fingerprint density at radius 3 is 2.67 bits per heavy atom. The Labute approximate surface area is 122 Å². The molecular formula is C15H17N3O3. The van der Waals surface area contributed by atoms with E-state index in [1.165, 1.54) is 0 Å². The van der Waals surface area contributed by atoms with Gasteiger partial charge in [-0.1, -0.05) is 0 Å². The minimum atomic E-state index is -0.315. The first-order valence-electron chi connectivity index (χ1n) is 6.99. The lowest BCUT2D eigenvalue weighted by Gasteiger charge is -2.36. The van der Waals surface area contributed by atoms with Crippen LogP contribution in [0.25, 0.3) is 10.9 Å². The number of nitro benzene ring substituents is 1. The fourth-order valence-corrected chi connectivity index (χ4v) is 2.95. The van der Waals surface area contributed by atoms with Crippen molar-refractivity contribution in [2.24, 2.45) is 0 Å². The summed E-state index contributed by atoms with van der Waals surface area (Å²) in [4.78, 5) is 17.5. The molecule has 0 saturated carbocycles. The third kappa shape index (κ3) is 2.54. The number of hydrogen-bond acceptors (Lipinski definition) is 5. The molecule has 0 unspecified atom stereocenters. The maximum atomic E-state index is 11.6. The fraction of sp³-hybridized carbons (Fsp3) is 0.400. The van der Waals surface area contributed by atoms with Crippen LogP contribution in [0.1, 0.15) is 13.8 Å². The molecule has 1 aliphatic heterocycles. The quantitative estimate of drug-likeness (QED) is 0.627. The van der Waals surface area contributed by atoms with Crippen LogP contribution in [-0.4, -0.2) is 35.2 Å². The van der Waals surface area contributed by atoms with Crippen molar-refractivity contribution in [1.82, 2.24) is 4.98 Å². The van der Waals surface area contributed by atoms with Gasteiger partial charge >= 0.3 is 5.69 Å². The molecule has 6 nitrogen and oxygen atoms in total. The second-order valence-corrected chi connectivity index (χ2v) is 5.42. The number of aromatic nitrogens is 1. The standard InChI is InChI=1S/C15H17N3O3/c1-10-8-17(9-11(2)21-10)14-6-5-13-12(4-3-7-16-13)15(14)18(19)20/h3-7,10-11H,8-9H2,1-2H3/t10-,11-/m1/s1. The molecule has 1 saturated heterocycles. The maximum Gasteiger partial charge on any atom is 0.301 e. The van der Waals surface area contributed by atoms with Gasteiger partial charge in [0.25, 0.3) is 0 Å². The van der Waals surface area contributed by atoms with Crippen molar-refractivity contribution in [1.29, 1.82) is 0 Å². The second-order valence-electron chi connectivity index (χ2n) is 5.42. The summed E-state index contributed by atoms with van der Waals surface area (Å²) in [5.41, 5.74) is 1.41. The minimum Gasteiger partial charge on any atom is -0.372 e. The smallest absolute Gasteiger partial charge is 0.301 e. The number of rotatable bonds is 2. The molecule has 1 aromatic carbocycles. The van der Waals surface area contributed by atoms with Crippen LogP contribution in [0.4, 0.5) is 11.4 Å². The van der Waals surface area contributed by atoms with Crippen molar-refractivity contribution in [2.75, 3.05) is 18.0 Å². The molecule has 21 heavy (non-hydrogen) atoms. The van der Waals surface area contributed by atoms with Crippen molar-refractivity contribution >= 4 is 22.3 Å². The first kappa shape index (κ1) is 13.8. The molecule has 1 aliphatic rings. The van der Waals surface area contributed by atoms with Crippen LogP contribution < -0.4 is 4.90 Å². The first-order valence-corrected chi connectivity index (χ1v) is 6.99. The van der Waals surface area contributed by atoms with Crippen molar-refractivity contribution in [3.05, 3.63) is 40.6 Å². The monoisotopic (exact) mass is 287 g/mol. The van der Waals surface area contributed by atoms with Crippen molar-refractivity contribution < 1.29 is 9.66 Å². The van der Waals surface area contributed by atoms with Crippen molar-refractivity contribution in [3.63, 3.8) is 0 Å². The summed E-state index contributed by atoms with van der Waals surface area (Å²) in [5, 5.41) is 12.1. The Morgan fingerprint density at radius 2 is 2.00 bits per heavy atom. The number of morpholine rings is 1. The van der Waals surface area contributed by atoms with Gasteiger partial charge in [-0.15, -0.1) is 0 Å². The molecule has 0 spiro atoms. The van der Waals surface area contributed by atoms with Crippen LogP contribution in [0.5, 0.6) is 0 Å². The zero-order valence-corrected chi connectivity index (χ0v) is 12.0. The van der Waals surface area contributed by atoms with Crippen LogP contribution >= 0.6 is 0 Å². The molecule has 0 aliphatic carbocycles. The lowest BCUT2D eigenvalue weighted by Crippen LogP contribution is -2.45.